The van der Waals surface area contributed by atoms with E-state index in [-0.39, 0.29) is 11.9 Å². The third kappa shape index (κ3) is 3.29. The topological polar surface area (TPSA) is 76.8 Å². The van der Waals surface area contributed by atoms with Crippen LogP contribution in [0.4, 0.5) is 5.13 Å². The molecule has 7 nitrogen and oxygen atoms in total. The quantitative estimate of drug-likeness (QED) is 0.499. The van der Waals surface area contributed by atoms with Gasteiger partial charge < -0.3 is 0 Å². The highest BCUT2D eigenvalue weighted by Crippen LogP contribution is 2.38. The van der Waals surface area contributed by atoms with Crippen LogP contribution in [0.15, 0.2) is 60.8 Å². The average molecular weight is 417 g/mol. The van der Waals surface area contributed by atoms with E-state index in [2.05, 4.69) is 26.1 Å². The summed E-state index contributed by atoms with van der Waals surface area (Å²) in [5.41, 5.74) is 4.58. The van der Waals surface area contributed by atoms with Gasteiger partial charge in [0, 0.05) is 23.3 Å². The maximum Gasteiger partial charge on any atom is 0.260 e. The summed E-state index contributed by atoms with van der Waals surface area (Å²) in [6.45, 7) is 1.95. The van der Waals surface area contributed by atoms with Crippen molar-refractivity contribution in [3.8, 4) is 5.69 Å². The Kier molecular flexibility index (Phi) is 4.84. The number of pyridine rings is 1. The molecule has 5 rings (SSSR count). The molecular formula is C22H20N6OS. The highest BCUT2D eigenvalue weighted by atomic mass is 32.1. The Labute approximate surface area is 178 Å². The number of aryl methyl sites for hydroxylation is 2. The maximum absolute atomic E-state index is 13.8. The fourth-order valence-corrected chi connectivity index (χ4v) is 4.72. The number of benzene rings is 1. The molecule has 1 amide bonds. The summed E-state index contributed by atoms with van der Waals surface area (Å²) < 4.78 is 1.68. The Morgan fingerprint density at radius 3 is 2.93 bits per heavy atom. The Hall–Kier alpha value is -3.39. The molecule has 30 heavy (non-hydrogen) atoms. The van der Waals surface area contributed by atoms with Crippen LogP contribution in [0.3, 0.4) is 0 Å². The molecule has 0 saturated heterocycles. The van der Waals surface area contributed by atoms with Crippen LogP contribution in [0.2, 0.25) is 0 Å². The van der Waals surface area contributed by atoms with Gasteiger partial charge in [0.2, 0.25) is 0 Å². The number of carbonyl (C=O) groups is 1. The minimum Gasteiger partial charge on any atom is -0.275 e. The number of aromatic nitrogens is 5. The molecule has 150 valence electrons. The summed E-state index contributed by atoms with van der Waals surface area (Å²) >= 11 is 1.47. The summed E-state index contributed by atoms with van der Waals surface area (Å²) in [5, 5.41) is 6.77. The van der Waals surface area contributed by atoms with Crippen LogP contribution in [0.5, 0.6) is 0 Å². The van der Waals surface area contributed by atoms with Gasteiger partial charge in [-0.05, 0) is 61.6 Å². The molecule has 0 spiro atoms. The van der Waals surface area contributed by atoms with Gasteiger partial charge in [0.15, 0.2) is 5.13 Å². The molecular weight excluding hydrogens is 396 g/mol. The molecule has 0 N–H and O–H groups in total. The third-order valence-corrected chi connectivity index (χ3v) is 6.22. The molecule has 0 saturated carbocycles. The smallest absolute Gasteiger partial charge is 0.260 e. The first-order valence-corrected chi connectivity index (χ1v) is 10.7. The molecule has 3 aromatic heterocycles. The molecule has 3 heterocycles. The van der Waals surface area contributed by atoms with E-state index in [9.17, 15) is 4.79 Å². The van der Waals surface area contributed by atoms with E-state index in [4.69, 9.17) is 0 Å². The Balaban J connectivity index is 1.56. The fourth-order valence-electron chi connectivity index (χ4n) is 4.03. The first kappa shape index (κ1) is 18.6. The number of amides is 1. The van der Waals surface area contributed by atoms with E-state index in [0.29, 0.717) is 10.7 Å². The zero-order valence-corrected chi connectivity index (χ0v) is 17.3. The van der Waals surface area contributed by atoms with E-state index < -0.39 is 0 Å². The van der Waals surface area contributed by atoms with E-state index >= 15 is 0 Å². The Bertz CT molecular complexity index is 1170. The number of carbonyl (C=O) groups excluding carboxylic acids is 1. The number of rotatable bonds is 4. The lowest BCUT2D eigenvalue weighted by atomic mass is 9.90. The summed E-state index contributed by atoms with van der Waals surface area (Å²) in [6.07, 6.45) is 9.55. The third-order valence-electron chi connectivity index (χ3n) is 5.44. The van der Waals surface area contributed by atoms with Crippen LogP contribution in [0.25, 0.3) is 5.69 Å². The van der Waals surface area contributed by atoms with Gasteiger partial charge in [-0.1, -0.05) is 6.07 Å². The normalized spacial score (nSPS) is 15.6. The predicted molar refractivity (Wildman–Crippen MR) is 115 cm³/mol. The molecule has 0 bridgehead atoms. The summed E-state index contributed by atoms with van der Waals surface area (Å²) in [5.74, 6) is -0.0592. The number of thiazole rings is 1. The van der Waals surface area contributed by atoms with E-state index in [1.807, 2.05) is 41.5 Å². The molecule has 1 aliphatic rings. The molecule has 1 atom stereocenters. The number of nitrogens with zero attached hydrogens (tertiary/aromatic N) is 6. The highest BCUT2D eigenvalue weighted by Gasteiger charge is 2.34. The minimum atomic E-state index is -0.122. The van der Waals surface area contributed by atoms with Gasteiger partial charge in [-0.25, -0.2) is 14.6 Å². The van der Waals surface area contributed by atoms with Gasteiger partial charge in [-0.15, -0.1) is 11.3 Å². The molecule has 0 unspecified atom stereocenters. The van der Waals surface area contributed by atoms with E-state index in [1.165, 1.54) is 23.2 Å². The molecule has 1 aromatic carbocycles. The summed E-state index contributed by atoms with van der Waals surface area (Å²) in [4.78, 5) is 28.7. The molecule has 0 aliphatic heterocycles. The first-order chi connectivity index (χ1) is 14.7. The lowest BCUT2D eigenvalue weighted by Gasteiger charge is -2.33. The van der Waals surface area contributed by atoms with Crippen LogP contribution < -0.4 is 4.90 Å². The van der Waals surface area contributed by atoms with Gasteiger partial charge in [0.1, 0.15) is 12.7 Å². The van der Waals surface area contributed by atoms with Crippen LogP contribution in [0, 0.1) is 6.92 Å². The number of hydrogen-bond donors (Lipinski definition) is 0. The van der Waals surface area contributed by atoms with Crippen molar-refractivity contribution in [2.75, 3.05) is 4.90 Å². The van der Waals surface area contributed by atoms with Crippen molar-refractivity contribution < 1.29 is 4.79 Å². The number of anilines is 1. The van der Waals surface area contributed by atoms with Crippen molar-refractivity contribution in [3.05, 3.63) is 83.1 Å². The van der Waals surface area contributed by atoms with Crippen LogP contribution in [-0.4, -0.2) is 30.6 Å². The van der Waals surface area contributed by atoms with E-state index in [0.717, 1.165) is 36.2 Å². The zero-order chi connectivity index (χ0) is 20.5. The minimum absolute atomic E-state index is 0.0592. The maximum atomic E-state index is 13.8. The standard InChI is InChI=1S/C22H20N6OS/c1-15-12-17(27-14-23-13-26-27)7-8-18(15)21(29)28(22-25-10-11-30-22)19-6-2-4-16-5-3-9-24-20(16)19/h3,5,7-14,19H,2,4,6H2,1H3/t19-/m1/s1. The van der Waals surface area contributed by atoms with Crippen molar-refractivity contribution in [2.24, 2.45) is 0 Å². The largest absolute Gasteiger partial charge is 0.275 e. The number of fused-ring (bicyclic) bond motifs is 1. The van der Waals surface area contributed by atoms with Crippen molar-refractivity contribution in [2.45, 2.75) is 32.2 Å². The summed E-state index contributed by atoms with van der Waals surface area (Å²) in [6, 6.07) is 9.65. The molecule has 1 aliphatic carbocycles. The first-order valence-electron chi connectivity index (χ1n) is 9.85. The van der Waals surface area contributed by atoms with Crippen molar-refractivity contribution in [3.63, 3.8) is 0 Å². The molecule has 4 aromatic rings. The fraction of sp³-hybridized carbons (Fsp3) is 0.227. The van der Waals surface area contributed by atoms with Crippen molar-refractivity contribution in [1.82, 2.24) is 24.7 Å². The average Bonchev–Trinajstić information content (AvgIpc) is 3.49. The second-order valence-electron chi connectivity index (χ2n) is 7.28. The lowest BCUT2D eigenvalue weighted by molar-refractivity contribution is 0.0972. The van der Waals surface area contributed by atoms with Gasteiger partial charge in [-0.3, -0.25) is 14.7 Å². The Morgan fingerprint density at radius 2 is 2.17 bits per heavy atom. The van der Waals surface area contributed by atoms with E-state index in [1.54, 1.807) is 23.4 Å². The highest BCUT2D eigenvalue weighted by molar-refractivity contribution is 7.13. The van der Waals surface area contributed by atoms with Gasteiger partial charge in [-0.2, -0.15) is 5.10 Å². The summed E-state index contributed by atoms with van der Waals surface area (Å²) in [7, 11) is 0. The number of hydrogen-bond acceptors (Lipinski definition) is 6. The Morgan fingerprint density at radius 1 is 1.23 bits per heavy atom. The monoisotopic (exact) mass is 416 g/mol. The van der Waals surface area contributed by atoms with Crippen LogP contribution >= 0.6 is 11.3 Å². The molecule has 0 radical (unpaired) electrons. The van der Waals surface area contributed by atoms with Crippen molar-refractivity contribution >= 4 is 22.4 Å². The molecule has 0 fully saturated rings. The van der Waals surface area contributed by atoms with Gasteiger partial charge in [0.25, 0.3) is 5.91 Å². The SMILES string of the molecule is Cc1cc(-n2cncn2)ccc1C(=O)N(c1nccs1)[C@@H]1CCCc2cccnc21. The van der Waals surface area contributed by atoms with Crippen LogP contribution in [0.1, 0.15) is 46.1 Å². The predicted octanol–water partition coefficient (Wildman–Crippen LogP) is 4.15. The van der Waals surface area contributed by atoms with Crippen LogP contribution in [-0.2, 0) is 6.42 Å². The van der Waals surface area contributed by atoms with Gasteiger partial charge in [0.05, 0.1) is 17.4 Å². The lowest BCUT2D eigenvalue weighted by Crippen LogP contribution is -2.37. The second-order valence-corrected chi connectivity index (χ2v) is 8.16. The zero-order valence-electron chi connectivity index (χ0n) is 16.5. The molecule has 8 heteroatoms. The second kappa shape index (κ2) is 7.79. The van der Waals surface area contributed by atoms with Gasteiger partial charge >= 0.3 is 0 Å². The van der Waals surface area contributed by atoms with Crippen molar-refractivity contribution in [1.29, 1.82) is 0 Å².